The fraction of sp³-hybridized carbons (Fsp3) is 0.333. The van der Waals surface area contributed by atoms with Crippen LogP contribution in [0, 0.1) is 31.6 Å². The number of aryl methyl sites for hydroxylation is 1. The summed E-state index contributed by atoms with van der Waals surface area (Å²) in [5.41, 5.74) is 6.29. The number of terminal acetylenes is 1. The molecule has 1 amide bonds. The van der Waals surface area contributed by atoms with Gasteiger partial charge in [-0.05, 0) is 32.4 Å². The quantitative estimate of drug-likeness (QED) is 0.538. The van der Waals surface area contributed by atoms with Gasteiger partial charge in [-0.3, -0.25) is 14.8 Å². The lowest BCUT2D eigenvalue weighted by Gasteiger charge is -2.19. The summed E-state index contributed by atoms with van der Waals surface area (Å²) in [4.78, 5) is 22.6. The lowest BCUT2D eigenvalue weighted by Crippen LogP contribution is -2.22. The number of aliphatic imine (C=N–C) groups is 1. The number of aromatic nitrogens is 2. The van der Waals surface area contributed by atoms with Crippen molar-refractivity contribution in [3.63, 3.8) is 0 Å². The number of alkyl halides is 1. The fourth-order valence-electron chi connectivity index (χ4n) is 2.09. The average molecular weight is 448 g/mol. The minimum absolute atomic E-state index is 0.432. The second-order valence-electron chi connectivity index (χ2n) is 5.66. The molecule has 6 nitrogen and oxygen atoms in total. The summed E-state index contributed by atoms with van der Waals surface area (Å²) < 4.78 is 11.5. The third-order valence-electron chi connectivity index (χ3n) is 3.15. The number of nitrogens with zero attached hydrogens (tertiary/aromatic N) is 3. The molecule has 1 aliphatic heterocycles. The zero-order chi connectivity index (χ0) is 22.8. The van der Waals surface area contributed by atoms with Gasteiger partial charge < -0.3 is 11.1 Å². The Bertz CT molecular complexity index is 843. The molecule has 0 bridgehead atoms. The molecule has 160 valence electrons. The highest BCUT2D eigenvalue weighted by Crippen LogP contribution is 2.22. The predicted octanol–water partition coefficient (Wildman–Crippen LogP) is 3.89. The number of halogens is 1. The van der Waals surface area contributed by atoms with Crippen molar-refractivity contribution >= 4 is 40.4 Å². The number of carbonyl (C=O) groups excluding carboxylic acids is 1. The molecule has 0 saturated heterocycles. The van der Waals surface area contributed by atoms with Crippen LogP contribution in [0.3, 0.4) is 0 Å². The second kappa shape index (κ2) is 17.0. The average Bonchev–Trinajstić information content (AvgIpc) is 3.14. The Hall–Kier alpha value is -2.88. The molecule has 3 heterocycles. The number of thiazole rings is 1. The molecule has 0 aliphatic carbocycles. The number of nitrogens with two attached hydrogens (primary N) is 1. The molecular weight excluding hydrogens is 421 g/mol. The SMILES string of the molecule is C#C.C[C@@H]1C[C@H](C)N=C(N)S1.Cc1ncc(C#CCF)s1.O=CNc1ccncc1. The van der Waals surface area contributed by atoms with Crippen molar-refractivity contribution < 1.29 is 9.18 Å². The molecule has 0 radical (unpaired) electrons. The topological polar surface area (TPSA) is 93.3 Å². The van der Waals surface area contributed by atoms with E-state index < -0.39 is 6.67 Å². The number of carbonyl (C=O) groups is 1. The van der Waals surface area contributed by atoms with Gasteiger partial charge in [0.05, 0.1) is 22.1 Å². The zero-order valence-corrected chi connectivity index (χ0v) is 18.8. The summed E-state index contributed by atoms with van der Waals surface area (Å²) in [6.45, 7) is 5.59. The summed E-state index contributed by atoms with van der Waals surface area (Å²) in [6, 6.07) is 3.87. The van der Waals surface area contributed by atoms with Crippen molar-refractivity contribution in [2.45, 2.75) is 38.5 Å². The van der Waals surface area contributed by atoms with E-state index in [-0.39, 0.29) is 0 Å². The molecule has 3 N–H and O–H groups in total. The van der Waals surface area contributed by atoms with Gasteiger partial charge in [-0.1, -0.05) is 30.5 Å². The van der Waals surface area contributed by atoms with Crippen LogP contribution in [-0.4, -0.2) is 39.5 Å². The Morgan fingerprint density at radius 2 is 2.03 bits per heavy atom. The lowest BCUT2D eigenvalue weighted by atomic mass is 10.2. The standard InChI is InChI=1S/C7H6FNS.C6H6N2O.C6H12N2S.C2H2/c1-6-9-5-7(10-6)3-2-4-8;9-5-8-6-1-3-7-4-2-6;1-4-3-5(2)9-6(7)8-4;1-2/h5H,4H2,1H3;1-5H,(H,7,8,9);4-5H,3H2,1-2H3,(H2,7,8);1-2H/t;;4-,5+;/m..0./s1. The van der Waals surface area contributed by atoms with Gasteiger partial charge in [0.25, 0.3) is 0 Å². The normalized spacial score (nSPS) is 16.3. The van der Waals surface area contributed by atoms with E-state index in [2.05, 4.69) is 58.8 Å². The highest BCUT2D eigenvalue weighted by Gasteiger charge is 2.15. The molecule has 2 atom stereocenters. The van der Waals surface area contributed by atoms with Crippen LogP contribution in [0.25, 0.3) is 0 Å². The fourth-order valence-corrected chi connectivity index (χ4v) is 3.77. The van der Waals surface area contributed by atoms with Crippen LogP contribution in [0.1, 0.15) is 30.2 Å². The van der Waals surface area contributed by atoms with Crippen molar-refractivity contribution in [1.82, 2.24) is 9.97 Å². The van der Waals surface area contributed by atoms with Gasteiger partial charge in [-0.25, -0.2) is 9.37 Å². The van der Waals surface area contributed by atoms with Crippen molar-refractivity contribution in [3.8, 4) is 24.7 Å². The number of thioether (sulfide) groups is 1. The largest absolute Gasteiger partial charge is 0.379 e. The minimum atomic E-state index is -0.586. The second-order valence-corrected chi connectivity index (χ2v) is 8.35. The highest BCUT2D eigenvalue weighted by atomic mass is 32.2. The lowest BCUT2D eigenvalue weighted by molar-refractivity contribution is -0.105. The van der Waals surface area contributed by atoms with Gasteiger partial charge in [-0.2, -0.15) is 0 Å². The van der Waals surface area contributed by atoms with Crippen LogP contribution in [0.2, 0.25) is 0 Å². The Morgan fingerprint density at radius 3 is 2.50 bits per heavy atom. The Balaban J connectivity index is 0.000000404. The first-order chi connectivity index (χ1) is 14.4. The summed E-state index contributed by atoms with van der Waals surface area (Å²) in [5, 5.41) is 4.85. The number of amidine groups is 1. The number of pyridine rings is 1. The molecule has 2 aromatic rings. The predicted molar refractivity (Wildman–Crippen MR) is 126 cm³/mol. The molecule has 0 aromatic carbocycles. The number of hydrogen-bond acceptors (Lipinski definition) is 7. The Kier molecular flexibility index (Phi) is 15.4. The Morgan fingerprint density at radius 1 is 1.37 bits per heavy atom. The molecule has 0 unspecified atom stereocenters. The number of hydrogen-bond donors (Lipinski definition) is 2. The van der Waals surface area contributed by atoms with Crippen molar-refractivity contribution in [1.29, 1.82) is 0 Å². The molecule has 30 heavy (non-hydrogen) atoms. The van der Waals surface area contributed by atoms with Gasteiger partial charge in [-0.15, -0.1) is 24.2 Å². The van der Waals surface area contributed by atoms with E-state index >= 15 is 0 Å². The number of anilines is 1. The first-order valence-corrected chi connectivity index (χ1v) is 10.5. The van der Waals surface area contributed by atoms with Gasteiger partial charge in [0.1, 0.15) is 0 Å². The van der Waals surface area contributed by atoms with Crippen LogP contribution in [-0.2, 0) is 4.79 Å². The van der Waals surface area contributed by atoms with Crippen molar-refractivity contribution in [2.24, 2.45) is 10.7 Å². The van der Waals surface area contributed by atoms with Crippen molar-refractivity contribution in [2.75, 3.05) is 12.0 Å². The van der Waals surface area contributed by atoms with Crippen LogP contribution in [0.15, 0.2) is 35.7 Å². The van der Waals surface area contributed by atoms with Gasteiger partial charge >= 0.3 is 0 Å². The molecule has 1 aliphatic rings. The summed E-state index contributed by atoms with van der Waals surface area (Å²) in [7, 11) is 0. The minimum Gasteiger partial charge on any atom is -0.379 e. The number of nitrogens with one attached hydrogen (secondary N) is 1. The molecular formula is C21H26FN5OS2. The zero-order valence-electron chi connectivity index (χ0n) is 17.2. The molecule has 0 saturated carbocycles. The first kappa shape index (κ1) is 27.1. The van der Waals surface area contributed by atoms with E-state index in [4.69, 9.17) is 5.73 Å². The van der Waals surface area contributed by atoms with Gasteiger partial charge in [0.2, 0.25) is 6.41 Å². The number of amides is 1. The molecule has 0 fully saturated rings. The van der Waals surface area contributed by atoms with E-state index in [1.807, 2.05) is 6.92 Å². The van der Waals surface area contributed by atoms with Gasteiger partial charge in [0.15, 0.2) is 11.8 Å². The van der Waals surface area contributed by atoms with E-state index in [0.29, 0.717) is 17.7 Å². The maximum absolute atomic E-state index is 11.5. The van der Waals surface area contributed by atoms with E-state index in [1.165, 1.54) is 11.3 Å². The molecule has 0 spiro atoms. The number of rotatable bonds is 2. The third-order valence-corrected chi connectivity index (χ3v) is 4.92. The third kappa shape index (κ3) is 13.3. The summed E-state index contributed by atoms with van der Waals surface area (Å²) in [6.07, 6.45) is 14.7. The Labute approximate surface area is 186 Å². The maximum atomic E-state index is 11.5. The van der Waals surface area contributed by atoms with E-state index in [9.17, 15) is 9.18 Å². The smallest absolute Gasteiger partial charge is 0.211 e. The highest BCUT2D eigenvalue weighted by molar-refractivity contribution is 8.14. The van der Waals surface area contributed by atoms with Crippen LogP contribution in [0.4, 0.5) is 10.1 Å². The molecule has 3 rings (SSSR count). The van der Waals surface area contributed by atoms with Crippen LogP contribution >= 0.6 is 23.1 Å². The van der Waals surface area contributed by atoms with Gasteiger partial charge in [0, 0.05) is 23.3 Å². The summed E-state index contributed by atoms with van der Waals surface area (Å²) in [5.74, 6) is 4.98. The van der Waals surface area contributed by atoms with Crippen molar-refractivity contribution in [3.05, 3.63) is 40.6 Å². The maximum Gasteiger partial charge on any atom is 0.211 e. The summed E-state index contributed by atoms with van der Waals surface area (Å²) >= 11 is 3.15. The first-order valence-electron chi connectivity index (χ1n) is 8.85. The van der Waals surface area contributed by atoms with E-state index in [0.717, 1.165) is 27.2 Å². The van der Waals surface area contributed by atoms with Crippen LogP contribution in [0.5, 0.6) is 0 Å². The van der Waals surface area contributed by atoms with E-state index in [1.54, 1.807) is 42.5 Å². The molecule has 9 heteroatoms. The molecule has 2 aromatic heterocycles. The van der Waals surface area contributed by atoms with Crippen LogP contribution < -0.4 is 11.1 Å². The monoisotopic (exact) mass is 447 g/mol.